The van der Waals surface area contributed by atoms with Crippen molar-refractivity contribution in [1.82, 2.24) is 0 Å². The van der Waals surface area contributed by atoms with Crippen LogP contribution in [-0.4, -0.2) is 58.4 Å². The van der Waals surface area contributed by atoms with Crippen molar-refractivity contribution in [3.63, 3.8) is 0 Å². The van der Waals surface area contributed by atoms with Gasteiger partial charge in [-0.2, -0.15) is 0 Å². The second-order valence-electron chi connectivity index (χ2n) is 4.22. The number of phosphoric ester groups is 1. The van der Waals surface area contributed by atoms with Crippen LogP contribution in [0.5, 0.6) is 0 Å². The third-order valence-electron chi connectivity index (χ3n) is 1.60. The molecule has 7 nitrogen and oxygen atoms in total. The molecule has 8 heteroatoms. The van der Waals surface area contributed by atoms with Crippen molar-refractivity contribution in [3.8, 4) is 0 Å². The molecule has 1 amide bonds. The highest BCUT2D eigenvalue weighted by atomic mass is 31.2. The molecule has 0 saturated heterocycles. The first-order valence-corrected chi connectivity index (χ1v) is 8.18. The second kappa shape index (κ2) is 13.5. The molecule has 0 aliphatic carbocycles. The maximum atomic E-state index is 11.7. The van der Waals surface area contributed by atoms with Crippen LogP contribution in [0.15, 0.2) is 0 Å². The highest BCUT2D eigenvalue weighted by Crippen LogP contribution is 2.48. The van der Waals surface area contributed by atoms with Crippen LogP contribution in [0, 0.1) is 0 Å². The fourth-order valence-corrected chi connectivity index (χ4v) is 1.59. The average molecular weight is 315 g/mol. The summed E-state index contributed by atoms with van der Waals surface area (Å²) in [5.74, 6) is -0.729. The first kappa shape index (κ1) is 24.6. The van der Waals surface area contributed by atoms with E-state index in [4.69, 9.17) is 10.3 Å². The molecule has 0 saturated carbocycles. The molecule has 0 fully saturated rings. The van der Waals surface area contributed by atoms with Crippen molar-refractivity contribution >= 4 is 13.7 Å². The minimum Gasteiger partial charge on any atom is -0.368 e. The third kappa shape index (κ3) is 17.5. The number of phosphoric acid groups is 1. The number of rotatable bonds is 8. The van der Waals surface area contributed by atoms with E-state index in [1.165, 1.54) is 7.11 Å². The van der Waals surface area contributed by atoms with E-state index in [0.29, 0.717) is 11.0 Å². The van der Waals surface area contributed by atoms with Gasteiger partial charge >= 0.3 is 7.82 Å². The summed E-state index contributed by atoms with van der Waals surface area (Å²) in [6.07, 6.45) is 0. The lowest BCUT2D eigenvalue weighted by Crippen LogP contribution is -2.37. The van der Waals surface area contributed by atoms with Crippen molar-refractivity contribution < 1.29 is 27.4 Å². The number of carbonyl (C=O) groups is 1. The van der Waals surface area contributed by atoms with Crippen LogP contribution in [0.4, 0.5) is 0 Å². The summed E-state index contributed by atoms with van der Waals surface area (Å²) in [6, 6.07) is 0. The topological polar surface area (TPSA) is 87.8 Å². The molecule has 0 spiro atoms. The molecule has 124 valence electrons. The molecule has 0 aromatic rings. The summed E-state index contributed by atoms with van der Waals surface area (Å²) in [6.45, 7) is 8.34. The third-order valence-corrected chi connectivity index (χ3v) is 2.99. The van der Waals surface area contributed by atoms with Crippen LogP contribution < -0.4 is 5.73 Å². The number of hydrogen-bond donors (Lipinski definition) is 1. The van der Waals surface area contributed by atoms with E-state index in [1.54, 1.807) is 0 Å². The SMILES string of the molecule is CC.CC.COP(=O)(OCC[N+](C)(C)C)OCC(N)=O. The molecule has 1 unspecified atom stereocenters. The second-order valence-corrected chi connectivity index (χ2v) is 5.99. The van der Waals surface area contributed by atoms with Crippen molar-refractivity contribution in [2.45, 2.75) is 27.7 Å². The molecule has 1 atom stereocenters. The van der Waals surface area contributed by atoms with E-state index < -0.39 is 20.3 Å². The molecular formula is C12H32N2O5P+. The smallest absolute Gasteiger partial charge is 0.368 e. The van der Waals surface area contributed by atoms with Gasteiger partial charge in [0.25, 0.3) is 0 Å². The van der Waals surface area contributed by atoms with E-state index in [0.717, 1.165) is 0 Å². The average Bonchev–Trinajstić information content (AvgIpc) is 2.40. The predicted octanol–water partition coefficient (Wildman–Crippen LogP) is 2.02. The van der Waals surface area contributed by atoms with Gasteiger partial charge in [0.15, 0.2) is 0 Å². The molecule has 0 bridgehead atoms. The summed E-state index contributed by atoms with van der Waals surface area (Å²) in [5, 5.41) is 0. The Morgan fingerprint density at radius 3 is 1.85 bits per heavy atom. The van der Waals surface area contributed by atoms with Gasteiger partial charge in [-0.05, 0) is 0 Å². The van der Waals surface area contributed by atoms with Gasteiger partial charge in [0, 0.05) is 7.11 Å². The van der Waals surface area contributed by atoms with Gasteiger partial charge in [-0.25, -0.2) is 4.57 Å². The van der Waals surface area contributed by atoms with E-state index in [2.05, 4.69) is 9.05 Å². The summed E-state index contributed by atoms with van der Waals surface area (Å²) >= 11 is 0. The lowest BCUT2D eigenvalue weighted by atomic mass is 10.5. The first-order chi connectivity index (χ1) is 9.18. The quantitative estimate of drug-likeness (QED) is 0.547. The number of nitrogens with two attached hydrogens (primary N) is 1. The fourth-order valence-electron chi connectivity index (χ4n) is 0.712. The number of carbonyl (C=O) groups excluding carboxylic acids is 1. The van der Waals surface area contributed by atoms with E-state index >= 15 is 0 Å². The molecule has 0 aliphatic rings. The van der Waals surface area contributed by atoms with Crippen LogP contribution in [-0.2, 0) is 22.9 Å². The first-order valence-electron chi connectivity index (χ1n) is 6.72. The molecule has 0 aliphatic heterocycles. The highest BCUT2D eigenvalue weighted by Gasteiger charge is 2.26. The van der Waals surface area contributed by atoms with E-state index in [1.807, 2.05) is 48.8 Å². The minimum absolute atomic E-state index is 0.202. The van der Waals surface area contributed by atoms with Crippen molar-refractivity contribution in [2.75, 3.05) is 48.0 Å². The number of hydrogen-bond acceptors (Lipinski definition) is 5. The van der Waals surface area contributed by atoms with Gasteiger partial charge in [0.1, 0.15) is 19.8 Å². The predicted molar refractivity (Wildman–Crippen MR) is 81.3 cm³/mol. The number of likely N-dealkylation sites (N-methyl/N-ethyl adjacent to an activating group) is 1. The van der Waals surface area contributed by atoms with Crippen molar-refractivity contribution in [1.29, 1.82) is 0 Å². The summed E-state index contributed by atoms with van der Waals surface area (Å²) < 4.78 is 26.6. The van der Waals surface area contributed by atoms with E-state index in [9.17, 15) is 9.36 Å². The Bertz CT molecular complexity index is 280. The normalized spacial score (nSPS) is 13.2. The van der Waals surface area contributed by atoms with Gasteiger partial charge in [-0.1, -0.05) is 27.7 Å². The molecule has 0 aromatic heterocycles. The number of nitrogens with zero attached hydrogens (tertiary/aromatic N) is 1. The van der Waals surface area contributed by atoms with E-state index in [-0.39, 0.29) is 6.61 Å². The lowest BCUT2D eigenvalue weighted by molar-refractivity contribution is -0.870. The monoisotopic (exact) mass is 315 g/mol. The molecule has 2 N–H and O–H groups in total. The van der Waals surface area contributed by atoms with Crippen molar-refractivity contribution in [3.05, 3.63) is 0 Å². The Hall–Kier alpha value is -0.460. The summed E-state index contributed by atoms with van der Waals surface area (Å²) in [5.41, 5.74) is 4.85. The molecular weight excluding hydrogens is 283 g/mol. The van der Waals surface area contributed by atoms with Gasteiger partial charge in [-0.3, -0.25) is 18.4 Å². The molecule has 0 rings (SSSR count). The lowest BCUT2D eigenvalue weighted by Gasteiger charge is -2.24. The fraction of sp³-hybridized carbons (Fsp3) is 0.917. The summed E-state index contributed by atoms with van der Waals surface area (Å²) in [4.78, 5) is 10.5. The largest absolute Gasteiger partial charge is 0.475 e. The van der Waals surface area contributed by atoms with Crippen LogP contribution >= 0.6 is 7.82 Å². The zero-order valence-electron chi connectivity index (χ0n) is 14.1. The van der Waals surface area contributed by atoms with Crippen LogP contribution in [0.1, 0.15) is 27.7 Å². The highest BCUT2D eigenvalue weighted by molar-refractivity contribution is 7.48. The van der Waals surface area contributed by atoms with Gasteiger partial charge in [-0.15, -0.1) is 0 Å². The van der Waals surface area contributed by atoms with Crippen LogP contribution in [0.3, 0.4) is 0 Å². The number of quaternary nitrogens is 1. The Morgan fingerprint density at radius 2 is 1.55 bits per heavy atom. The number of primary amides is 1. The van der Waals surface area contributed by atoms with Crippen molar-refractivity contribution in [2.24, 2.45) is 5.73 Å². The Kier molecular flexibility index (Phi) is 16.6. The maximum absolute atomic E-state index is 11.7. The van der Waals surface area contributed by atoms with Gasteiger partial charge < -0.3 is 10.2 Å². The van der Waals surface area contributed by atoms with Crippen LogP contribution in [0.25, 0.3) is 0 Å². The Labute approximate surface area is 123 Å². The zero-order chi connectivity index (χ0) is 16.8. The van der Waals surface area contributed by atoms with Crippen LogP contribution in [0.2, 0.25) is 0 Å². The molecule has 0 aromatic carbocycles. The maximum Gasteiger partial charge on any atom is 0.475 e. The molecule has 0 heterocycles. The minimum atomic E-state index is -3.65. The molecule has 20 heavy (non-hydrogen) atoms. The van der Waals surface area contributed by atoms with Gasteiger partial charge in [0.2, 0.25) is 5.91 Å². The Balaban J connectivity index is -0.000000656. The summed E-state index contributed by atoms with van der Waals surface area (Å²) in [7, 11) is 3.43. The zero-order valence-corrected chi connectivity index (χ0v) is 15.0. The molecule has 0 radical (unpaired) electrons. The Morgan fingerprint density at radius 1 is 1.10 bits per heavy atom. The number of amides is 1. The van der Waals surface area contributed by atoms with Gasteiger partial charge in [0.05, 0.1) is 21.1 Å². The standard InChI is InChI=1S/C8H19N2O5P.2C2H6/c1-10(2,3)5-6-14-16(12,13-4)15-7-8(9)11;2*1-2/h5-7H2,1-4H3,(H-,9,11);2*1-2H3/p+1.